The molecule has 0 radical (unpaired) electrons. The van der Waals surface area contributed by atoms with Gasteiger partial charge in [-0.05, 0) is 43.0 Å². The third kappa shape index (κ3) is 2.13. The zero-order valence-corrected chi connectivity index (χ0v) is 12.2. The monoisotopic (exact) mass is 294 g/mol. The predicted octanol–water partition coefficient (Wildman–Crippen LogP) is 1.74. The molecule has 1 N–H and O–H groups in total. The summed E-state index contributed by atoms with van der Waals surface area (Å²) >= 11 is 0. The maximum absolute atomic E-state index is 12.7. The molecule has 1 aromatic carbocycles. The van der Waals surface area contributed by atoms with Crippen molar-refractivity contribution in [3.8, 4) is 0 Å². The van der Waals surface area contributed by atoms with Gasteiger partial charge in [0.2, 0.25) is 15.9 Å². The highest BCUT2D eigenvalue weighted by molar-refractivity contribution is 7.89. The van der Waals surface area contributed by atoms with Crippen LogP contribution in [0.15, 0.2) is 23.1 Å². The van der Waals surface area contributed by atoms with Gasteiger partial charge in [0.1, 0.15) is 0 Å². The summed E-state index contributed by atoms with van der Waals surface area (Å²) in [6, 6.07) is 5.01. The van der Waals surface area contributed by atoms with E-state index >= 15 is 0 Å². The van der Waals surface area contributed by atoms with Gasteiger partial charge in [-0.3, -0.25) is 4.79 Å². The first-order chi connectivity index (χ1) is 9.52. The molecule has 108 valence electrons. The van der Waals surface area contributed by atoms with Crippen molar-refractivity contribution in [2.45, 2.75) is 43.5 Å². The summed E-state index contributed by atoms with van der Waals surface area (Å²) in [4.78, 5) is 11.6. The minimum absolute atomic E-state index is 0.0813. The summed E-state index contributed by atoms with van der Waals surface area (Å²) < 4.78 is 27.0. The zero-order valence-electron chi connectivity index (χ0n) is 11.4. The van der Waals surface area contributed by atoms with E-state index in [1.165, 1.54) is 0 Å². The van der Waals surface area contributed by atoms with E-state index in [0.29, 0.717) is 11.4 Å². The number of nitrogens with one attached hydrogen (secondary N) is 1. The fourth-order valence-electron chi connectivity index (χ4n) is 3.04. The Balaban J connectivity index is 1.96. The second kappa shape index (κ2) is 4.86. The summed E-state index contributed by atoms with van der Waals surface area (Å²) in [5, 5.41) is 2.72. The van der Waals surface area contributed by atoms with Gasteiger partial charge in [-0.2, -0.15) is 4.31 Å². The van der Waals surface area contributed by atoms with Gasteiger partial charge in [-0.25, -0.2) is 8.42 Å². The molecule has 0 spiro atoms. The molecule has 1 fully saturated rings. The van der Waals surface area contributed by atoms with E-state index in [1.54, 1.807) is 22.5 Å². The number of carbonyl (C=O) groups is 1. The normalized spacial score (nSPS) is 22.9. The molecule has 0 saturated carbocycles. The SMILES string of the molecule is CCC1CCCN1S(=O)(=O)c1ccc2c(c1)CC(=O)N2. The number of carbonyl (C=O) groups excluding carboxylic acids is 1. The van der Waals surface area contributed by atoms with E-state index in [0.717, 1.165) is 30.5 Å². The third-order valence-corrected chi connectivity index (χ3v) is 6.05. The Bertz CT molecular complexity index is 654. The highest BCUT2D eigenvalue weighted by atomic mass is 32.2. The van der Waals surface area contributed by atoms with Gasteiger partial charge in [0.05, 0.1) is 11.3 Å². The molecule has 0 aromatic heterocycles. The van der Waals surface area contributed by atoms with E-state index in [1.807, 2.05) is 6.92 Å². The number of hydrogen-bond donors (Lipinski definition) is 1. The Hall–Kier alpha value is -1.40. The molecule has 2 aliphatic rings. The van der Waals surface area contributed by atoms with Crippen molar-refractivity contribution in [2.75, 3.05) is 11.9 Å². The van der Waals surface area contributed by atoms with Crippen LogP contribution in [-0.4, -0.2) is 31.2 Å². The van der Waals surface area contributed by atoms with Crippen LogP contribution in [0.5, 0.6) is 0 Å². The molecular formula is C14H18N2O3S. The Morgan fingerprint density at radius 3 is 2.95 bits per heavy atom. The summed E-state index contributed by atoms with van der Waals surface area (Å²) in [5.74, 6) is -0.0813. The van der Waals surface area contributed by atoms with Gasteiger partial charge < -0.3 is 5.32 Å². The van der Waals surface area contributed by atoms with Crippen molar-refractivity contribution in [3.05, 3.63) is 23.8 Å². The zero-order chi connectivity index (χ0) is 14.3. The maximum Gasteiger partial charge on any atom is 0.243 e. The smallest absolute Gasteiger partial charge is 0.243 e. The average Bonchev–Trinajstić information content (AvgIpc) is 3.02. The first kappa shape index (κ1) is 13.6. The van der Waals surface area contributed by atoms with Crippen molar-refractivity contribution < 1.29 is 13.2 Å². The second-order valence-corrected chi connectivity index (χ2v) is 7.25. The Kier molecular flexibility index (Phi) is 3.30. The van der Waals surface area contributed by atoms with Crippen molar-refractivity contribution in [1.82, 2.24) is 4.31 Å². The summed E-state index contributed by atoms with van der Waals surface area (Å²) in [5.41, 5.74) is 1.49. The standard InChI is InChI=1S/C14H18N2O3S/c1-2-11-4-3-7-16(11)20(18,19)12-5-6-13-10(8-12)9-14(17)15-13/h5-6,8,11H,2-4,7,9H2,1H3,(H,15,17). The maximum atomic E-state index is 12.7. The molecule has 0 aliphatic carbocycles. The predicted molar refractivity (Wildman–Crippen MR) is 76.0 cm³/mol. The molecule has 5 nitrogen and oxygen atoms in total. The van der Waals surface area contributed by atoms with Gasteiger partial charge in [-0.1, -0.05) is 6.92 Å². The van der Waals surface area contributed by atoms with Crippen LogP contribution in [0.4, 0.5) is 5.69 Å². The van der Waals surface area contributed by atoms with Crippen LogP contribution in [0, 0.1) is 0 Å². The van der Waals surface area contributed by atoms with E-state index in [-0.39, 0.29) is 18.4 Å². The van der Waals surface area contributed by atoms with E-state index in [9.17, 15) is 13.2 Å². The Morgan fingerprint density at radius 2 is 2.20 bits per heavy atom. The number of anilines is 1. The van der Waals surface area contributed by atoms with Gasteiger partial charge >= 0.3 is 0 Å². The lowest BCUT2D eigenvalue weighted by atomic mass is 10.2. The number of fused-ring (bicyclic) bond motifs is 1. The molecule has 3 rings (SSSR count). The van der Waals surface area contributed by atoms with Crippen LogP contribution in [0.3, 0.4) is 0 Å². The van der Waals surface area contributed by atoms with Crippen LogP contribution in [0.2, 0.25) is 0 Å². The minimum atomic E-state index is -3.44. The molecule has 1 atom stereocenters. The lowest BCUT2D eigenvalue weighted by Crippen LogP contribution is -2.35. The molecule has 6 heteroatoms. The number of hydrogen-bond acceptors (Lipinski definition) is 3. The largest absolute Gasteiger partial charge is 0.326 e. The summed E-state index contributed by atoms with van der Waals surface area (Å²) in [7, 11) is -3.44. The summed E-state index contributed by atoms with van der Waals surface area (Å²) in [6.07, 6.45) is 2.95. The highest BCUT2D eigenvalue weighted by Crippen LogP contribution is 2.31. The van der Waals surface area contributed by atoms with Crippen LogP contribution < -0.4 is 5.32 Å². The molecule has 1 saturated heterocycles. The van der Waals surface area contributed by atoms with Gasteiger partial charge in [0.15, 0.2) is 0 Å². The first-order valence-electron chi connectivity index (χ1n) is 6.97. The number of rotatable bonds is 3. The van der Waals surface area contributed by atoms with Gasteiger partial charge in [-0.15, -0.1) is 0 Å². The van der Waals surface area contributed by atoms with Crippen molar-refractivity contribution >= 4 is 21.6 Å². The van der Waals surface area contributed by atoms with Crippen molar-refractivity contribution in [3.63, 3.8) is 0 Å². The van der Waals surface area contributed by atoms with Crippen molar-refractivity contribution in [1.29, 1.82) is 0 Å². The topological polar surface area (TPSA) is 66.5 Å². The molecule has 2 aliphatic heterocycles. The van der Waals surface area contributed by atoms with Gasteiger partial charge in [0.25, 0.3) is 0 Å². The number of nitrogens with zero attached hydrogens (tertiary/aromatic N) is 1. The van der Waals surface area contributed by atoms with Crippen LogP contribution in [0.25, 0.3) is 0 Å². The lowest BCUT2D eigenvalue weighted by molar-refractivity contribution is -0.115. The molecule has 0 bridgehead atoms. The first-order valence-corrected chi connectivity index (χ1v) is 8.41. The molecule has 2 heterocycles. The number of sulfonamides is 1. The Morgan fingerprint density at radius 1 is 1.40 bits per heavy atom. The molecule has 1 aromatic rings. The molecule has 1 amide bonds. The van der Waals surface area contributed by atoms with Gasteiger partial charge in [0, 0.05) is 18.3 Å². The molecule has 20 heavy (non-hydrogen) atoms. The van der Waals surface area contributed by atoms with E-state index in [2.05, 4.69) is 5.32 Å². The fourth-order valence-corrected chi connectivity index (χ4v) is 4.85. The minimum Gasteiger partial charge on any atom is -0.326 e. The third-order valence-electron chi connectivity index (χ3n) is 4.10. The van der Waals surface area contributed by atoms with E-state index < -0.39 is 10.0 Å². The average molecular weight is 294 g/mol. The lowest BCUT2D eigenvalue weighted by Gasteiger charge is -2.23. The number of amides is 1. The quantitative estimate of drug-likeness (QED) is 0.923. The van der Waals surface area contributed by atoms with Crippen LogP contribution >= 0.6 is 0 Å². The van der Waals surface area contributed by atoms with Crippen molar-refractivity contribution in [2.24, 2.45) is 0 Å². The number of benzene rings is 1. The Labute approximate surface area is 119 Å². The van der Waals surface area contributed by atoms with E-state index in [4.69, 9.17) is 0 Å². The second-order valence-electron chi connectivity index (χ2n) is 5.36. The van der Waals surface area contributed by atoms with Crippen LogP contribution in [-0.2, 0) is 21.2 Å². The van der Waals surface area contributed by atoms with Crippen LogP contribution in [0.1, 0.15) is 31.7 Å². The molecule has 1 unspecified atom stereocenters. The highest BCUT2D eigenvalue weighted by Gasteiger charge is 2.34. The summed E-state index contributed by atoms with van der Waals surface area (Å²) in [6.45, 7) is 2.61. The fraction of sp³-hybridized carbons (Fsp3) is 0.500. The molecular weight excluding hydrogens is 276 g/mol.